The number of imidazole rings is 1. The van der Waals surface area contributed by atoms with E-state index < -0.39 is 0 Å². The average Bonchev–Trinajstić information content (AvgIpc) is 2.84. The highest BCUT2D eigenvalue weighted by Crippen LogP contribution is 2.48. The quantitative estimate of drug-likeness (QED) is 0.849. The molecule has 1 atom stereocenters. The van der Waals surface area contributed by atoms with Gasteiger partial charge in [0.05, 0.1) is 17.9 Å². The summed E-state index contributed by atoms with van der Waals surface area (Å²) in [6.45, 7) is 7.25. The van der Waals surface area contributed by atoms with Gasteiger partial charge in [-0.25, -0.2) is 4.98 Å². The Bertz CT molecular complexity index is 680. The summed E-state index contributed by atoms with van der Waals surface area (Å²) >= 11 is 0. The largest absolute Gasteiger partial charge is 0.488 e. The van der Waals surface area contributed by atoms with Gasteiger partial charge in [0, 0.05) is 30.3 Å². The first-order chi connectivity index (χ1) is 9.94. The molecule has 1 saturated heterocycles. The van der Waals surface area contributed by atoms with Gasteiger partial charge < -0.3 is 13.9 Å². The molecular weight excluding hydrogens is 264 g/mol. The molecule has 21 heavy (non-hydrogen) atoms. The van der Waals surface area contributed by atoms with E-state index in [1.54, 1.807) is 0 Å². The maximum atomic E-state index is 6.08. The molecule has 112 valence electrons. The van der Waals surface area contributed by atoms with Gasteiger partial charge in [-0.2, -0.15) is 0 Å². The van der Waals surface area contributed by atoms with Gasteiger partial charge in [0.2, 0.25) is 0 Å². The van der Waals surface area contributed by atoms with Crippen molar-refractivity contribution in [3.63, 3.8) is 0 Å². The Morgan fingerprint density at radius 2 is 2.19 bits per heavy atom. The Hall–Kier alpha value is -1.55. The first kappa shape index (κ1) is 13.1. The molecule has 1 aliphatic heterocycles. The molecule has 0 bridgehead atoms. The fraction of sp³-hybridized carbons (Fsp3) is 0.588. The molecule has 0 aromatic carbocycles. The van der Waals surface area contributed by atoms with Gasteiger partial charge in [-0.15, -0.1) is 0 Å². The van der Waals surface area contributed by atoms with Crippen molar-refractivity contribution in [1.29, 1.82) is 0 Å². The highest BCUT2D eigenvalue weighted by Gasteiger charge is 2.50. The van der Waals surface area contributed by atoms with Gasteiger partial charge in [-0.1, -0.05) is 20.8 Å². The van der Waals surface area contributed by atoms with E-state index in [9.17, 15) is 0 Å². The normalized spacial score (nSPS) is 23.9. The summed E-state index contributed by atoms with van der Waals surface area (Å²) in [7, 11) is 0. The maximum Gasteiger partial charge on any atom is 0.140 e. The second-order valence-electron chi connectivity index (χ2n) is 7.44. The predicted octanol–water partition coefficient (Wildman–Crippen LogP) is 3.33. The molecule has 0 N–H and O–H groups in total. The molecule has 4 heteroatoms. The monoisotopic (exact) mass is 286 g/mol. The van der Waals surface area contributed by atoms with Crippen LogP contribution in [0, 0.1) is 0 Å². The van der Waals surface area contributed by atoms with Crippen LogP contribution in [0.2, 0.25) is 0 Å². The SMILES string of the molecule is CC(C)(C)c1cn2ccc(OC3COC4(CC4)C3)cc2n1. The summed E-state index contributed by atoms with van der Waals surface area (Å²) < 4.78 is 14.0. The number of fused-ring (bicyclic) bond motifs is 1. The second kappa shape index (κ2) is 4.23. The average molecular weight is 286 g/mol. The third-order valence-corrected chi connectivity index (χ3v) is 4.49. The van der Waals surface area contributed by atoms with E-state index in [1.807, 2.05) is 18.3 Å². The topological polar surface area (TPSA) is 35.8 Å². The number of rotatable bonds is 2. The molecule has 0 radical (unpaired) electrons. The van der Waals surface area contributed by atoms with E-state index in [-0.39, 0.29) is 17.1 Å². The zero-order chi connectivity index (χ0) is 14.7. The van der Waals surface area contributed by atoms with Gasteiger partial charge in [-0.3, -0.25) is 0 Å². The van der Waals surface area contributed by atoms with Gasteiger partial charge >= 0.3 is 0 Å². The summed E-state index contributed by atoms with van der Waals surface area (Å²) in [4.78, 5) is 4.71. The van der Waals surface area contributed by atoms with E-state index in [2.05, 4.69) is 31.4 Å². The van der Waals surface area contributed by atoms with Crippen molar-refractivity contribution in [2.24, 2.45) is 0 Å². The van der Waals surface area contributed by atoms with E-state index in [0.717, 1.165) is 23.5 Å². The van der Waals surface area contributed by atoms with E-state index in [4.69, 9.17) is 14.5 Å². The molecule has 4 rings (SSSR count). The fourth-order valence-corrected chi connectivity index (χ4v) is 2.96. The van der Waals surface area contributed by atoms with Crippen LogP contribution >= 0.6 is 0 Å². The van der Waals surface area contributed by atoms with E-state index in [1.165, 1.54) is 12.8 Å². The summed E-state index contributed by atoms with van der Waals surface area (Å²) in [6.07, 6.45) is 7.72. The summed E-state index contributed by atoms with van der Waals surface area (Å²) in [5, 5.41) is 0. The van der Waals surface area contributed by atoms with Crippen molar-refractivity contribution in [2.75, 3.05) is 6.61 Å². The van der Waals surface area contributed by atoms with Crippen LogP contribution in [0.1, 0.15) is 45.7 Å². The zero-order valence-corrected chi connectivity index (χ0v) is 12.9. The Morgan fingerprint density at radius 3 is 2.86 bits per heavy atom. The van der Waals surface area contributed by atoms with Crippen LogP contribution in [-0.4, -0.2) is 27.7 Å². The number of ether oxygens (including phenoxy) is 2. The molecule has 1 saturated carbocycles. The highest BCUT2D eigenvalue weighted by molar-refractivity contribution is 5.46. The molecule has 2 aromatic rings. The van der Waals surface area contributed by atoms with Crippen molar-refractivity contribution in [3.8, 4) is 5.75 Å². The lowest BCUT2D eigenvalue weighted by Crippen LogP contribution is -2.16. The molecule has 2 aromatic heterocycles. The lowest BCUT2D eigenvalue weighted by atomic mass is 9.93. The fourth-order valence-electron chi connectivity index (χ4n) is 2.96. The summed E-state index contributed by atoms with van der Waals surface area (Å²) in [5.41, 5.74) is 2.27. The van der Waals surface area contributed by atoms with Crippen molar-refractivity contribution in [3.05, 3.63) is 30.2 Å². The highest BCUT2D eigenvalue weighted by atomic mass is 16.6. The minimum absolute atomic E-state index is 0.0602. The molecule has 4 nitrogen and oxygen atoms in total. The lowest BCUT2D eigenvalue weighted by Gasteiger charge is -2.13. The van der Waals surface area contributed by atoms with E-state index in [0.29, 0.717) is 6.61 Å². The zero-order valence-electron chi connectivity index (χ0n) is 12.9. The second-order valence-corrected chi connectivity index (χ2v) is 7.44. The number of aromatic nitrogens is 2. The van der Waals surface area contributed by atoms with Crippen molar-refractivity contribution < 1.29 is 9.47 Å². The van der Waals surface area contributed by atoms with Crippen LogP contribution in [0.4, 0.5) is 0 Å². The first-order valence-electron chi connectivity index (χ1n) is 7.74. The third kappa shape index (κ3) is 2.42. The van der Waals surface area contributed by atoms with Crippen molar-refractivity contribution >= 4 is 5.65 Å². The predicted molar refractivity (Wildman–Crippen MR) is 80.8 cm³/mol. The van der Waals surface area contributed by atoms with Crippen LogP contribution in [-0.2, 0) is 10.2 Å². The Kier molecular flexibility index (Phi) is 2.65. The Morgan fingerprint density at radius 1 is 1.38 bits per heavy atom. The maximum absolute atomic E-state index is 6.08. The molecule has 3 heterocycles. The minimum Gasteiger partial charge on any atom is -0.488 e. The molecule has 0 amide bonds. The van der Waals surface area contributed by atoms with Gasteiger partial charge in [0.15, 0.2) is 0 Å². The van der Waals surface area contributed by atoms with Gasteiger partial charge in [0.25, 0.3) is 0 Å². The first-order valence-corrected chi connectivity index (χ1v) is 7.74. The smallest absolute Gasteiger partial charge is 0.140 e. The van der Waals surface area contributed by atoms with Crippen molar-refractivity contribution in [1.82, 2.24) is 9.38 Å². The van der Waals surface area contributed by atoms with Crippen LogP contribution in [0.3, 0.4) is 0 Å². The molecule has 1 spiro atoms. The van der Waals surface area contributed by atoms with Crippen LogP contribution in [0.25, 0.3) is 5.65 Å². The van der Waals surface area contributed by atoms with Crippen molar-refractivity contribution in [2.45, 2.75) is 57.2 Å². The standard InChI is InChI=1S/C17H22N2O2/c1-16(2,3)14-10-19-7-4-12(8-15(19)18-14)21-13-9-17(5-6-17)20-11-13/h4,7-8,10,13H,5-6,9,11H2,1-3H3. The number of hydrogen-bond acceptors (Lipinski definition) is 3. The summed E-state index contributed by atoms with van der Waals surface area (Å²) in [6, 6.07) is 4.03. The Balaban J connectivity index is 1.56. The number of pyridine rings is 1. The number of hydrogen-bond donors (Lipinski definition) is 0. The van der Waals surface area contributed by atoms with Crippen LogP contribution in [0.15, 0.2) is 24.5 Å². The van der Waals surface area contributed by atoms with Gasteiger partial charge in [-0.05, 0) is 18.9 Å². The van der Waals surface area contributed by atoms with E-state index >= 15 is 0 Å². The minimum atomic E-state index is 0.0602. The third-order valence-electron chi connectivity index (χ3n) is 4.49. The molecule has 1 unspecified atom stereocenters. The van der Waals surface area contributed by atoms with Crippen LogP contribution < -0.4 is 4.74 Å². The Labute approximate surface area is 125 Å². The van der Waals surface area contributed by atoms with Crippen LogP contribution in [0.5, 0.6) is 5.75 Å². The molecular formula is C17H22N2O2. The lowest BCUT2D eigenvalue weighted by molar-refractivity contribution is 0.0785. The molecule has 1 aliphatic carbocycles. The summed E-state index contributed by atoms with van der Waals surface area (Å²) in [5.74, 6) is 0.889. The number of nitrogens with zero attached hydrogens (tertiary/aromatic N) is 2. The van der Waals surface area contributed by atoms with Gasteiger partial charge in [0.1, 0.15) is 17.5 Å². The molecule has 2 fully saturated rings. The molecule has 2 aliphatic rings.